The predicted octanol–water partition coefficient (Wildman–Crippen LogP) is 4.09. The van der Waals surface area contributed by atoms with Gasteiger partial charge in [0.15, 0.2) is 6.29 Å². The molecule has 4 aliphatic rings. The summed E-state index contributed by atoms with van der Waals surface area (Å²) in [6.45, 7) is 13.4. The first-order valence-corrected chi connectivity index (χ1v) is 17.9. The Morgan fingerprint density at radius 2 is 1.74 bits per heavy atom. The molecule has 0 amide bonds. The number of cyclic esters (lactones) is 1. The van der Waals surface area contributed by atoms with E-state index in [4.69, 9.17) is 23.7 Å². The molecule has 10 atom stereocenters. The van der Waals surface area contributed by atoms with Crippen molar-refractivity contribution in [3.05, 3.63) is 0 Å². The van der Waals surface area contributed by atoms with Gasteiger partial charge in [-0.25, -0.2) is 0 Å². The van der Waals surface area contributed by atoms with Crippen LogP contribution >= 0.6 is 0 Å². The minimum atomic E-state index is -0.863. The topological polar surface area (TPSA) is 90.0 Å². The maximum atomic E-state index is 13.9. The number of carbonyl (C=O) groups excluding carboxylic acids is 2. The molecule has 1 saturated carbocycles. The molecule has 4 fully saturated rings. The van der Waals surface area contributed by atoms with Gasteiger partial charge < -0.3 is 33.5 Å². The Morgan fingerprint density at radius 3 is 2.37 bits per heavy atom. The molecule has 266 valence electrons. The third kappa shape index (κ3) is 9.30. The Morgan fingerprint density at radius 1 is 1.02 bits per heavy atom. The van der Waals surface area contributed by atoms with Gasteiger partial charge in [0.1, 0.15) is 18.3 Å². The summed E-state index contributed by atoms with van der Waals surface area (Å²) in [6, 6.07) is 0.984. The molecule has 3 saturated heterocycles. The van der Waals surface area contributed by atoms with E-state index in [0.717, 1.165) is 64.6 Å². The second kappa shape index (κ2) is 16.5. The van der Waals surface area contributed by atoms with Crippen LogP contribution in [-0.4, -0.2) is 137 Å². The molecule has 0 radical (unpaired) electrons. The van der Waals surface area contributed by atoms with Crippen LogP contribution < -0.4 is 0 Å². The summed E-state index contributed by atoms with van der Waals surface area (Å²) in [6.07, 6.45) is 7.01. The molecule has 10 nitrogen and oxygen atoms in total. The van der Waals surface area contributed by atoms with E-state index in [-0.39, 0.29) is 36.1 Å². The average Bonchev–Trinajstić information content (AvgIpc) is 3.49. The lowest BCUT2D eigenvalue weighted by atomic mass is 9.72. The summed E-state index contributed by atoms with van der Waals surface area (Å²) < 4.78 is 30.8. The van der Waals surface area contributed by atoms with Crippen LogP contribution in [0.25, 0.3) is 0 Å². The Kier molecular flexibility index (Phi) is 13.5. The second-order valence-corrected chi connectivity index (χ2v) is 15.7. The maximum Gasteiger partial charge on any atom is 0.316 e. The molecule has 0 aromatic carbocycles. The molecule has 3 heterocycles. The van der Waals surface area contributed by atoms with Crippen molar-refractivity contribution in [2.75, 3.05) is 68.2 Å². The van der Waals surface area contributed by atoms with Crippen LogP contribution in [-0.2, 0) is 33.3 Å². The van der Waals surface area contributed by atoms with E-state index in [1.807, 2.05) is 6.92 Å². The fraction of sp³-hybridized carbons (Fsp3) is 0.944. The molecular weight excluding hydrogens is 586 g/mol. The Hall–Kier alpha value is -1.14. The highest BCUT2D eigenvalue weighted by molar-refractivity contribution is 5.99. The number of methoxy groups -OCH3 is 1. The van der Waals surface area contributed by atoms with Crippen molar-refractivity contribution in [2.24, 2.45) is 29.6 Å². The minimum Gasteiger partial charge on any atom is -0.463 e. The van der Waals surface area contributed by atoms with Crippen molar-refractivity contribution in [2.45, 2.75) is 122 Å². The lowest BCUT2D eigenvalue weighted by Gasteiger charge is -2.48. The summed E-state index contributed by atoms with van der Waals surface area (Å²) in [7, 11) is 10.3. The van der Waals surface area contributed by atoms with Crippen LogP contribution in [0.4, 0.5) is 0 Å². The molecule has 1 unspecified atom stereocenters. The smallest absolute Gasteiger partial charge is 0.316 e. The third-order valence-corrected chi connectivity index (χ3v) is 11.9. The molecular formula is C36H65N3O7. The first-order chi connectivity index (χ1) is 21.7. The van der Waals surface area contributed by atoms with Crippen LogP contribution in [0, 0.1) is 29.6 Å². The SMILES string of the molecule is CO[C@]1(C)C[C@@H](C)CN(C)[C@H]([C@H]2C[C@@H](N(C)CC3CCCO3)C2)COC(=O)[C@H](C)C(=O)[C@H](C)[C@H]1CO[C@H]1C[C@@H](N(C)C)C[C@@H](C)O1. The van der Waals surface area contributed by atoms with E-state index >= 15 is 0 Å². The fourth-order valence-electron chi connectivity index (χ4n) is 8.62. The number of rotatable bonds is 9. The maximum absolute atomic E-state index is 13.9. The van der Waals surface area contributed by atoms with Crippen LogP contribution in [0.3, 0.4) is 0 Å². The van der Waals surface area contributed by atoms with Crippen LogP contribution in [0.15, 0.2) is 0 Å². The highest BCUT2D eigenvalue weighted by atomic mass is 16.7. The van der Waals surface area contributed by atoms with Crippen molar-refractivity contribution in [1.29, 1.82) is 0 Å². The van der Waals surface area contributed by atoms with Crippen molar-refractivity contribution in [3.63, 3.8) is 0 Å². The number of ether oxygens (including phenoxy) is 5. The summed E-state index contributed by atoms with van der Waals surface area (Å²) in [5.74, 6) is -1.46. The standard InChI is InChI=1S/C36H65N3O7/c1-23-18-36(5,42-10)31(21-44-33-17-28(37(6)7)14-24(2)46-33)25(3)34(40)26(4)35(41)45-22-32(39(9)19-23)27-15-29(16-27)38(8)20-30-12-11-13-43-30/h23-33H,11-22H2,1-10H3/t23-,24-,25-,26-,27-,28+,29+,30?,31-,32+,33-,36-/m1/s1. The van der Waals surface area contributed by atoms with Gasteiger partial charge in [-0.15, -0.1) is 0 Å². The normalized spacial score (nSPS) is 42.3. The highest BCUT2D eigenvalue weighted by Gasteiger charge is 2.46. The van der Waals surface area contributed by atoms with Crippen LogP contribution in [0.2, 0.25) is 0 Å². The number of likely N-dealkylation sites (N-methyl/N-ethyl adjacent to an activating group) is 2. The van der Waals surface area contributed by atoms with E-state index in [0.29, 0.717) is 37.3 Å². The average molecular weight is 652 g/mol. The van der Waals surface area contributed by atoms with Crippen molar-refractivity contribution >= 4 is 11.8 Å². The quantitative estimate of drug-likeness (QED) is 0.268. The molecule has 0 aromatic rings. The Labute approximate surface area is 279 Å². The molecule has 1 aliphatic carbocycles. The van der Waals surface area contributed by atoms with E-state index < -0.39 is 23.4 Å². The molecule has 4 rings (SSSR count). The number of carbonyl (C=O) groups is 2. The molecule has 10 heteroatoms. The number of hydrogen-bond acceptors (Lipinski definition) is 10. The summed E-state index contributed by atoms with van der Waals surface area (Å²) >= 11 is 0. The number of hydrogen-bond donors (Lipinski definition) is 0. The first-order valence-electron chi connectivity index (χ1n) is 17.9. The van der Waals surface area contributed by atoms with E-state index in [1.165, 1.54) is 0 Å². The summed E-state index contributed by atoms with van der Waals surface area (Å²) in [4.78, 5) is 34.4. The van der Waals surface area contributed by atoms with Gasteiger partial charge >= 0.3 is 5.97 Å². The van der Waals surface area contributed by atoms with Gasteiger partial charge in [-0.3, -0.25) is 14.5 Å². The number of Topliss-reactive ketones (excluding diaryl/α,β-unsaturated/α-hetero) is 1. The van der Waals surface area contributed by atoms with Gasteiger partial charge in [0.2, 0.25) is 0 Å². The molecule has 46 heavy (non-hydrogen) atoms. The van der Waals surface area contributed by atoms with E-state index in [2.05, 4.69) is 63.7 Å². The zero-order valence-corrected chi connectivity index (χ0v) is 30.5. The molecule has 0 spiro atoms. The van der Waals surface area contributed by atoms with Gasteiger partial charge in [0.25, 0.3) is 0 Å². The zero-order valence-electron chi connectivity index (χ0n) is 30.5. The molecule has 3 aliphatic heterocycles. The van der Waals surface area contributed by atoms with Gasteiger partial charge in [-0.05, 0) is 99.3 Å². The van der Waals surface area contributed by atoms with E-state index in [9.17, 15) is 9.59 Å². The molecule has 0 N–H and O–H groups in total. The van der Waals surface area contributed by atoms with Crippen molar-refractivity contribution < 1.29 is 33.3 Å². The molecule has 0 bridgehead atoms. The summed E-state index contributed by atoms with van der Waals surface area (Å²) in [5.41, 5.74) is -0.643. The monoisotopic (exact) mass is 651 g/mol. The predicted molar refractivity (Wildman–Crippen MR) is 179 cm³/mol. The number of nitrogens with zero attached hydrogens (tertiary/aromatic N) is 3. The van der Waals surface area contributed by atoms with Crippen molar-refractivity contribution in [3.8, 4) is 0 Å². The largest absolute Gasteiger partial charge is 0.463 e. The lowest BCUT2D eigenvalue weighted by Crippen LogP contribution is -2.54. The van der Waals surface area contributed by atoms with Gasteiger partial charge in [-0.1, -0.05) is 13.8 Å². The highest BCUT2D eigenvalue weighted by Crippen LogP contribution is 2.40. The van der Waals surface area contributed by atoms with Gasteiger partial charge in [-0.2, -0.15) is 0 Å². The van der Waals surface area contributed by atoms with E-state index in [1.54, 1.807) is 14.0 Å². The fourth-order valence-corrected chi connectivity index (χ4v) is 8.62. The molecule has 0 aromatic heterocycles. The first kappa shape index (κ1) is 37.7. The van der Waals surface area contributed by atoms with Gasteiger partial charge in [0, 0.05) is 63.2 Å². The minimum absolute atomic E-state index is 0.0880. The Balaban J connectivity index is 1.47. The Bertz CT molecular complexity index is 987. The second-order valence-electron chi connectivity index (χ2n) is 15.7. The van der Waals surface area contributed by atoms with Crippen LogP contribution in [0.5, 0.6) is 0 Å². The summed E-state index contributed by atoms with van der Waals surface area (Å²) in [5, 5.41) is 0. The van der Waals surface area contributed by atoms with Gasteiger partial charge in [0.05, 0.1) is 24.4 Å². The van der Waals surface area contributed by atoms with Crippen LogP contribution in [0.1, 0.15) is 79.6 Å². The lowest BCUT2D eigenvalue weighted by molar-refractivity contribution is -0.220. The van der Waals surface area contributed by atoms with Crippen molar-refractivity contribution in [1.82, 2.24) is 14.7 Å². The number of esters is 1. The number of ketones is 1. The zero-order chi connectivity index (χ0) is 33.8. The third-order valence-electron chi connectivity index (χ3n) is 11.9.